The molecule has 0 bridgehead atoms. The van der Waals surface area contributed by atoms with E-state index in [0.717, 1.165) is 24.2 Å². The van der Waals surface area contributed by atoms with Crippen molar-refractivity contribution in [2.24, 2.45) is 10.7 Å². The highest BCUT2D eigenvalue weighted by atomic mass is 32.1. The maximum absolute atomic E-state index is 5.84. The minimum absolute atomic E-state index is 0.598. The van der Waals surface area contributed by atoms with Crippen molar-refractivity contribution in [3.63, 3.8) is 0 Å². The summed E-state index contributed by atoms with van der Waals surface area (Å²) >= 11 is 1.62. The number of aromatic nitrogens is 2. The average Bonchev–Trinajstić information content (AvgIpc) is 2.93. The molecule has 0 atom stereocenters. The first-order valence-electron chi connectivity index (χ1n) is 5.63. The number of hydrogen-bond donors (Lipinski definition) is 2. The summed E-state index contributed by atoms with van der Waals surface area (Å²) in [4.78, 5) is 12.2. The van der Waals surface area contributed by atoms with Crippen molar-refractivity contribution >= 4 is 17.2 Å². The van der Waals surface area contributed by atoms with E-state index in [0.29, 0.717) is 12.4 Å². The molecule has 3 N–H and O–H groups in total. The van der Waals surface area contributed by atoms with Gasteiger partial charge in [0.1, 0.15) is 12.2 Å². The van der Waals surface area contributed by atoms with Crippen LogP contribution >= 0.6 is 11.3 Å². The smallest absolute Gasteiger partial charge is 0.126 e. The molecule has 94 valence electrons. The summed E-state index contributed by atoms with van der Waals surface area (Å²) in [6.45, 7) is 2.18. The Morgan fingerprint density at radius 3 is 2.94 bits per heavy atom. The molecule has 2 aromatic heterocycles. The van der Waals surface area contributed by atoms with Crippen LogP contribution in [0.1, 0.15) is 11.1 Å². The normalized spacial score (nSPS) is 11.7. The lowest BCUT2D eigenvalue weighted by Gasteiger charge is -2.02. The Bertz CT molecular complexity index is 480. The highest BCUT2D eigenvalue weighted by Crippen LogP contribution is 2.04. The van der Waals surface area contributed by atoms with E-state index in [1.165, 1.54) is 6.33 Å². The Balaban J connectivity index is 1.69. The van der Waals surface area contributed by atoms with Crippen LogP contribution in [0.2, 0.25) is 0 Å². The van der Waals surface area contributed by atoms with Crippen LogP contribution in [0.15, 0.2) is 40.5 Å². The van der Waals surface area contributed by atoms with E-state index in [1.54, 1.807) is 23.7 Å². The van der Waals surface area contributed by atoms with Crippen molar-refractivity contribution in [1.82, 2.24) is 15.3 Å². The number of nitrogens with zero attached hydrogens (tertiary/aromatic N) is 3. The molecule has 0 radical (unpaired) electrons. The van der Waals surface area contributed by atoms with Crippen LogP contribution in [-0.2, 0) is 6.54 Å². The van der Waals surface area contributed by atoms with Crippen molar-refractivity contribution in [2.75, 3.05) is 13.1 Å². The highest BCUT2D eigenvalue weighted by Gasteiger charge is 1.97. The van der Waals surface area contributed by atoms with Gasteiger partial charge in [0.15, 0.2) is 0 Å². The zero-order chi connectivity index (χ0) is 12.6. The summed E-state index contributed by atoms with van der Waals surface area (Å²) in [5.74, 6) is 0.598. The fourth-order valence-electron chi connectivity index (χ4n) is 1.41. The Labute approximate surface area is 110 Å². The molecule has 0 saturated carbocycles. The molecule has 2 rings (SSSR count). The Hall–Kier alpha value is -1.79. The van der Waals surface area contributed by atoms with Crippen LogP contribution in [0.3, 0.4) is 0 Å². The van der Waals surface area contributed by atoms with Gasteiger partial charge in [0, 0.05) is 42.0 Å². The second-order valence-electron chi connectivity index (χ2n) is 3.70. The second kappa shape index (κ2) is 6.83. The summed E-state index contributed by atoms with van der Waals surface area (Å²) < 4.78 is 0. The standard InChI is InChI=1S/C12H15N5S/c13-12(11-1-4-18-8-11)17-3-2-14-5-10-6-15-9-16-7-10/h1,4,6-9,14H,2-3,5H2,(H2,13,17). The van der Waals surface area contributed by atoms with Crippen LogP contribution in [0.5, 0.6) is 0 Å². The van der Waals surface area contributed by atoms with Crippen molar-refractivity contribution in [3.8, 4) is 0 Å². The van der Waals surface area contributed by atoms with E-state index >= 15 is 0 Å². The van der Waals surface area contributed by atoms with Gasteiger partial charge in [0.2, 0.25) is 0 Å². The van der Waals surface area contributed by atoms with E-state index in [1.807, 2.05) is 16.8 Å². The Morgan fingerprint density at radius 1 is 1.39 bits per heavy atom. The molecule has 0 saturated heterocycles. The zero-order valence-corrected chi connectivity index (χ0v) is 10.7. The first kappa shape index (κ1) is 12.7. The number of hydrogen-bond acceptors (Lipinski definition) is 5. The van der Waals surface area contributed by atoms with Crippen LogP contribution in [0.4, 0.5) is 0 Å². The van der Waals surface area contributed by atoms with Gasteiger partial charge in [0.05, 0.1) is 6.54 Å². The largest absolute Gasteiger partial charge is 0.383 e. The molecule has 0 spiro atoms. The number of aliphatic imine (C=N–C) groups is 1. The maximum Gasteiger partial charge on any atom is 0.126 e. The molecular weight excluding hydrogens is 246 g/mol. The minimum Gasteiger partial charge on any atom is -0.383 e. The molecule has 0 aliphatic rings. The number of rotatable bonds is 6. The van der Waals surface area contributed by atoms with Crippen LogP contribution in [0.25, 0.3) is 0 Å². The lowest BCUT2D eigenvalue weighted by atomic mass is 10.3. The molecule has 2 aromatic rings. The van der Waals surface area contributed by atoms with E-state index in [-0.39, 0.29) is 0 Å². The molecule has 0 amide bonds. The minimum atomic E-state index is 0.598. The molecule has 0 aliphatic heterocycles. The van der Waals surface area contributed by atoms with Crippen LogP contribution in [-0.4, -0.2) is 28.9 Å². The van der Waals surface area contributed by atoms with Crippen molar-refractivity contribution in [3.05, 3.63) is 46.7 Å². The van der Waals surface area contributed by atoms with Crippen LogP contribution < -0.4 is 11.1 Å². The predicted octanol–water partition coefficient (Wildman–Crippen LogP) is 1.03. The number of thiophene rings is 1. The zero-order valence-electron chi connectivity index (χ0n) is 9.91. The molecule has 0 fully saturated rings. The second-order valence-corrected chi connectivity index (χ2v) is 4.48. The van der Waals surface area contributed by atoms with E-state index in [2.05, 4.69) is 20.3 Å². The SMILES string of the molecule is NC(=NCCNCc1cncnc1)c1ccsc1. The Kier molecular flexibility index (Phi) is 4.80. The fourth-order valence-corrected chi connectivity index (χ4v) is 2.06. The van der Waals surface area contributed by atoms with E-state index in [9.17, 15) is 0 Å². The van der Waals surface area contributed by atoms with Crippen molar-refractivity contribution in [1.29, 1.82) is 0 Å². The molecular formula is C12H15N5S. The van der Waals surface area contributed by atoms with Crippen LogP contribution in [0, 0.1) is 0 Å². The van der Waals surface area contributed by atoms with Gasteiger partial charge in [0.25, 0.3) is 0 Å². The quantitative estimate of drug-likeness (QED) is 0.462. The average molecular weight is 261 g/mol. The first-order valence-corrected chi connectivity index (χ1v) is 6.57. The van der Waals surface area contributed by atoms with Gasteiger partial charge in [-0.25, -0.2) is 9.97 Å². The topological polar surface area (TPSA) is 76.2 Å². The molecule has 0 unspecified atom stereocenters. The lowest BCUT2D eigenvalue weighted by molar-refractivity contribution is 0.691. The summed E-state index contributed by atoms with van der Waals surface area (Å²) in [6, 6.07) is 1.97. The molecule has 0 aliphatic carbocycles. The third-order valence-electron chi connectivity index (χ3n) is 2.33. The van der Waals surface area contributed by atoms with Crippen molar-refractivity contribution < 1.29 is 0 Å². The molecule has 2 heterocycles. The summed E-state index contributed by atoms with van der Waals surface area (Å²) in [7, 11) is 0. The highest BCUT2D eigenvalue weighted by molar-refractivity contribution is 7.08. The van der Waals surface area contributed by atoms with E-state index in [4.69, 9.17) is 5.73 Å². The third kappa shape index (κ3) is 3.90. The summed E-state index contributed by atoms with van der Waals surface area (Å²) in [5, 5.41) is 7.25. The van der Waals surface area contributed by atoms with Gasteiger partial charge >= 0.3 is 0 Å². The fraction of sp³-hybridized carbons (Fsp3) is 0.250. The van der Waals surface area contributed by atoms with Gasteiger partial charge in [-0.15, -0.1) is 0 Å². The van der Waals surface area contributed by atoms with Gasteiger partial charge in [-0.05, 0) is 11.4 Å². The predicted molar refractivity (Wildman–Crippen MR) is 73.6 cm³/mol. The number of nitrogens with one attached hydrogen (secondary N) is 1. The lowest BCUT2D eigenvalue weighted by Crippen LogP contribution is -2.20. The summed E-state index contributed by atoms with van der Waals surface area (Å²) in [6.07, 6.45) is 5.11. The van der Waals surface area contributed by atoms with Gasteiger partial charge < -0.3 is 11.1 Å². The summed E-state index contributed by atoms with van der Waals surface area (Å²) in [5.41, 5.74) is 7.90. The molecule has 18 heavy (non-hydrogen) atoms. The Morgan fingerprint density at radius 2 is 2.22 bits per heavy atom. The molecule has 6 heteroatoms. The first-order chi connectivity index (χ1) is 8.86. The van der Waals surface area contributed by atoms with Gasteiger partial charge in [-0.3, -0.25) is 4.99 Å². The monoisotopic (exact) mass is 261 g/mol. The molecule has 5 nitrogen and oxygen atoms in total. The molecule has 0 aromatic carbocycles. The maximum atomic E-state index is 5.84. The van der Waals surface area contributed by atoms with Gasteiger partial charge in [-0.1, -0.05) is 0 Å². The number of amidine groups is 1. The van der Waals surface area contributed by atoms with Crippen molar-refractivity contribution in [2.45, 2.75) is 6.54 Å². The third-order valence-corrected chi connectivity index (χ3v) is 3.01. The van der Waals surface area contributed by atoms with E-state index < -0.39 is 0 Å². The number of nitrogens with two attached hydrogens (primary N) is 1. The van der Waals surface area contributed by atoms with Gasteiger partial charge in [-0.2, -0.15) is 11.3 Å².